The Labute approximate surface area is 98.4 Å². The highest BCUT2D eigenvalue weighted by molar-refractivity contribution is 5.14. The van der Waals surface area contributed by atoms with Crippen LogP contribution in [0.5, 0.6) is 0 Å². The van der Waals surface area contributed by atoms with E-state index < -0.39 is 0 Å². The first kappa shape index (κ1) is 11.6. The van der Waals surface area contributed by atoms with Crippen LogP contribution in [-0.4, -0.2) is 19.6 Å². The summed E-state index contributed by atoms with van der Waals surface area (Å²) in [6, 6.07) is 10.6. The highest BCUT2D eigenvalue weighted by atomic mass is 14.9. The van der Waals surface area contributed by atoms with Crippen LogP contribution in [0.3, 0.4) is 0 Å². The lowest BCUT2D eigenvalue weighted by Gasteiger charge is -2.08. The molecule has 2 heteroatoms. The van der Waals surface area contributed by atoms with Crippen LogP contribution in [-0.2, 0) is 6.54 Å². The standard InChI is InChI=1S/C14H22N2/c1-2-5-13(6-3-1)11-15-9-4-7-14-8-10-16-12-14/h1-3,5-6,14-16H,4,7-12H2. The largest absolute Gasteiger partial charge is 0.316 e. The molecule has 16 heavy (non-hydrogen) atoms. The van der Waals surface area contributed by atoms with E-state index >= 15 is 0 Å². The van der Waals surface area contributed by atoms with E-state index in [1.807, 2.05) is 0 Å². The minimum absolute atomic E-state index is 0.929. The van der Waals surface area contributed by atoms with Crippen LogP contribution in [0.2, 0.25) is 0 Å². The third-order valence-electron chi connectivity index (χ3n) is 3.30. The van der Waals surface area contributed by atoms with Crippen molar-refractivity contribution in [3.63, 3.8) is 0 Å². The number of hydrogen-bond donors (Lipinski definition) is 2. The summed E-state index contributed by atoms with van der Waals surface area (Å²) in [6.07, 6.45) is 4.05. The molecule has 0 spiro atoms. The van der Waals surface area contributed by atoms with E-state index in [1.54, 1.807) is 0 Å². The molecule has 0 radical (unpaired) electrons. The fourth-order valence-electron chi connectivity index (χ4n) is 2.31. The van der Waals surface area contributed by atoms with Gasteiger partial charge in [-0.15, -0.1) is 0 Å². The first-order valence-corrected chi connectivity index (χ1v) is 6.40. The SMILES string of the molecule is c1ccc(CNCCCC2CCNC2)cc1. The summed E-state index contributed by atoms with van der Waals surface area (Å²) >= 11 is 0. The quantitative estimate of drug-likeness (QED) is 0.715. The number of rotatable bonds is 6. The summed E-state index contributed by atoms with van der Waals surface area (Å²) in [7, 11) is 0. The van der Waals surface area contributed by atoms with Gasteiger partial charge in [-0.25, -0.2) is 0 Å². The Bertz CT molecular complexity index is 278. The first-order valence-electron chi connectivity index (χ1n) is 6.40. The second kappa shape index (κ2) is 6.66. The Morgan fingerprint density at radius 1 is 1.25 bits per heavy atom. The Morgan fingerprint density at radius 3 is 2.88 bits per heavy atom. The van der Waals surface area contributed by atoms with Crippen LogP contribution >= 0.6 is 0 Å². The molecule has 1 aliphatic rings. The molecule has 1 unspecified atom stereocenters. The van der Waals surface area contributed by atoms with Gasteiger partial charge in [0.2, 0.25) is 0 Å². The van der Waals surface area contributed by atoms with E-state index in [1.165, 1.54) is 37.9 Å². The number of hydrogen-bond acceptors (Lipinski definition) is 2. The molecule has 1 atom stereocenters. The van der Waals surface area contributed by atoms with Gasteiger partial charge in [0.05, 0.1) is 0 Å². The van der Waals surface area contributed by atoms with E-state index in [4.69, 9.17) is 0 Å². The third kappa shape index (κ3) is 3.95. The van der Waals surface area contributed by atoms with Gasteiger partial charge >= 0.3 is 0 Å². The smallest absolute Gasteiger partial charge is 0.0205 e. The summed E-state index contributed by atoms with van der Waals surface area (Å²) in [6.45, 7) is 4.61. The van der Waals surface area contributed by atoms with E-state index in [-0.39, 0.29) is 0 Å². The second-order valence-electron chi connectivity index (χ2n) is 4.66. The lowest BCUT2D eigenvalue weighted by Crippen LogP contribution is -2.16. The Balaban J connectivity index is 1.52. The zero-order valence-corrected chi connectivity index (χ0v) is 9.91. The second-order valence-corrected chi connectivity index (χ2v) is 4.66. The van der Waals surface area contributed by atoms with E-state index in [0.29, 0.717) is 0 Å². The fraction of sp³-hybridized carbons (Fsp3) is 0.571. The summed E-state index contributed by atoms with van der Waals surface area (Å²) in [5.41, 5.74) is 1.38. The number of nitrogens with one attached hydrogen (secondary N) is 2. The van der Waals surface area contributed by atoms with Crippen LogP contribution < -0.4 is 10.6 Å². The molecule has 1 aromatic rings. The van der Waals surface area contributed by atoms with Gasteiger partial charge in [0, 0.05) is 6.54 Å². The maximum atomic E-state index is 3.51. The van der Waals surface area contributed by atoms with Gasteiger partial charge in [-0.1, -0.05) is 30.3 Å². The van der Waals surface area contributed by atoms with Gasteiger partial charge < -0.3 is 10.6 Å². The molecule has 1 heterocycles. The van der Waals surface area contributed by atoms with Gasteiger partial charge in [-0.05, 0) is 50.4 Å². The van der Waals surface area contributed by atoms with Gasteiger partial charge in [0.1, 0.15) is 0 Å². The molecule has 88 valence electrons. The van der Waals surface area contributed by atoms with Crippen LogP contribution in [0.1, 0.15) is 24.8 Å². The average Bonchev–Trinajstić information content (AvgIpc) is 2.83. The van der Waals surface area contributed by atoms with Crippen LogP contribution in [0.15, 0.2) is 30.3 Å². The van der Waals surface area contributed by atoms with Crippen molar-refractivity contribution in [2.24, 2.45) is 5.92 Å². The Kier molecular flexibility index (Phi) is 4.84. The van der Waals surface area contributed by atoms with Crippen molar-refractivity contribution in [1.82, 2.24) is 10.6 Å². The molecule has 0 bridgehead atoms. The van der Waals surface area contributed by atoms with Crippen molar-refractivity contribution < 1.29 is 0 Å². The molecule has 1 aliphatic heterocycles. The van der Waals surface area contributed by atoms with Crippen molar-refractivity contribution in [3.05, 3.63) is 35.9 Å². The maximum Gasteiger partial charge on any atom is 0.0205 e. The summed E-state index contributed by atoms with van der Waals surface area (Å²) < 4.78 is 0. The van der Waals surface area contributed by atoms with Crippen molar-refractivity contribution in [1.29, 1.82) is 0 Å². The molecule has 2 N–H and O–H groups in total. The summed E-state index contributed by atoms with van der Waals surface area (Å²) in [5.74, 6) is 0.929. The average molecular weight is 218 g/mol. The van der Waals surface area contributed by atoms with Crippen molar-refractivity contribution >= 4 is 0 Å². The molecule has 0 aliphatic carbocycles. The molecule has 2 nitrogen and oxygen atoms in total. The highest BCUT2D eigenvalue weighted by Crippen LogP contribution is 2.13. The minimum atomic E-state index is 0.929. The zero-order valence-electron chi connectivity index (χ0n) is 9.91. The molecule has 0 aromatic heterocycles. The molecule has 1 saturated heterocycles. The monoisotopic (exact) mass is 218 g/mol. The summed E-state index contributed by atoms with van der Waals surface area (Å²) in [4.78, 5) is 0. The predicted molar refractivity (Wildman–Crippen MR) is 68.4 cm³/mol. The van der Waals surface area contributed by atoms with Gasteiger partial charge in [-0.3, -0.25) is 0 Å². The highest BCUT2D eigenvalue weighted by Gasteiger charge is 2.12. The predicted octanol–water partition coefficient (Wildman–Crippen LogP) is 2.17. The number of benzene rings is 1. The van der Waals surface area contributed by atoms with Crippen LogP contribution in [0.25, 0.3) is 0 Å². The molecule has 0 saturated carbocycles. The third-order valence-corrected chi connectivity index (χ3v) is 3.30. The Hall–Kier alpha value is -0.860. The van der Waals surface area contributed by atoms with Crippen molar-refractivity contribution in [2.45, 2.75) is 25.8 Å². The zero-order chi connectivity index (χ0) is 11.1. The van der Waals surface area contributed by atoms with Crippen LogP contribution in [0, 0.1) is 5.92 Å². The maximum absolute atomic E-state index is 3.51. The van der Waals surface area contributed by atoms with Gasteiger partial charge in [-0.2, -0.15) is 0 Å². The van der Waals surface area contributed by atoms with E-state index in [9.17, 15) is 0 Å². The topological polar surface area (TPSA) is 24.1 Å². The molecule has 1 aromatic carbocycles. The summed E-state index contributed by atoms with van der Waals surface area (Å²) in [5, 5.41) is 6.92. The van der Waals surface area contributed by atoms with E-state index in [0.717, 1.165) is 19.0 Å². The van der Waals surface area contributed by atoms with Gasteiger partial charge in [0.25, 0.3) is 0 Å². The normalized spacial score (nSPS) is 20.1. The molecular weight excluding hydrogens is 196 g/mol. The molecular formula is C14H22N2. The van der Waals surface area contributed by atoms with Gasteiger partial charge in [0.15, 0.2) is 0 Å². The lowest BCUT2D eigenvalue weighted by atomic mass is 10.0. The Morgan fingerprint density at radius 2 is 2.12 bits per heavy atom. The first-order chi connectivity index (χ1) is 7.95. The van der Waals surface area contributed by atoms with E-state index in [2.05, 4.69) is 41.0 Å². The lowest BCUT2D eigenvalue weighted by molar-refractivity contribution is 0.492. The minimum Gasteiger partial charge on any atom is -0.316 e. The fourth-order valence-corrected chi connectivity index (χ4v) is 2.31. The van der Waals surface area contributed by atoms with Crippen molar-refractivity contribution in [2.75, 3.05) is 19.6 Å². The van der Waals surface area contributed by atoms with Crippen LogP contribution in [0.4, 0.5) is 0 Å². The molecule has 0 amide bonds. The molecule has 2 rings (SSSR count). The molecule has 1 fully saturated rings. The van der Waals surface area contributed by atoms with Crippen molar-refractivity contribution in [3.8, 4) is 0 Å².